The number of hydrogen-bond acceptors (Lipinski definition) is 2. The molecular formula is C17H22FNO2. The van der Waals surface area contributed by atoms with Gasteiger partial charge in [0.05, 0.1) is 12.2 Å². The molecule has 0 aliphatic rings. The molecule has 0 unspecified atom stereocenters. The molecule has 2 N–H and O–H groups in total. The van der Waals surface area contributed by atoms with Gasteiger partial charge in [0, 0.05) is 18.5 Å². The summed E-state index contributed by atoms with van der Waals surface area (Å²) >= 11 is 0. The second-order valence-electron chi connectivity index (χ2n) is 5.26. The number of carbonyl (C=O) groups is 1. The van der Waals surface area contributed by atoms with Gasteiger partial charge in [-0.1, -0.05) is 25.7 Å². The van der Waals surface area contributed by atoms with Crippen LogP contribution in [-0.4, -0.2) is 24.2 Å². The monoisotopic (exact) mass is 291 g/mol. The zero-order valence-corrected chi connectivity index (χ0v) is 12.6. The maximum atomic E-state index is 13.7. The van der Waals surface area contributed by atoms with Crippen LogP contribution >= 0.6 is 0 Å². The van der Waals surface area contributed by atoms with Crippen molar-refractivity contribution < 1.29 is 14.3 Å². The van der Waals surface area contributed by atoms with E-state index in [9.17, 15) is 9.18 Å². The molecule has 1 rings (SSSR count). The first-order chi connectivity index (χ1) is 10.0. The number of benzene rings is 1. The average Bonchev–Trinajstić information content (AvgIpc) is 2.45. The quantitative estimate of drug-likeness (QED) is 0.625. The lowest BCUT2D eigenvalue weighted by atomic mass is 10.1. The molecule has 0 saturated heterocycles. The van der Waals surface area contributed by atoms with E-state index in [-0.39, 0.29) is 12.2 Å². The minimum atomic E-state index is -0.552. The van der Waals surface area contributed by atoms with E-state index in [1.54, 1.807) is 0 Å². The van der Waals surface area contributed by atoms with E-state index in [2.05, 4.69) is 31.0 Å². The normalized spacial score (nSPS) is 10.1. The van der Waals surface area contributed by atoms with Gasteiger partial charge in [-0.15, -0.1) is 0 Å². The highest BCUT2D eigenvalue weighted by molar-refractivity contribution is 5.94. The number of aliphatic hydroxyl groups excluding tert-OH is 1. The van der Waals surface area contributed by atoms with Crippen LogP contribution in [0.15, 0.2) is 18.2 Å². The Morgan fingerprint density at radius 2 is 2.19 bits per heavy atom. The fourth-order valence-corrected chi connectivity index (χ4v) is 1.80. The summed E-state index contributed by atoms with van der Waals surface area (Å²) in [6.07, 6.45) is 2.25. The third kappa shape index (κ3) is 6.42. The Hall–Kier alpha value is -1.86. The molecule has 4 heteroatoms. The number of amides is 1. The van der Waals surface area contributed by atoms with Crippen LogP contribution in [0.25, 0.3) is 0 Å². The first kappa shape index (κ1) is 17.2. The zero-order chi connectivity index (χ0) is 15.7. The highest BCUT2D eigenvalue weighted by atomic mass is 19.1. The molecule has 0 bridgehead atoms. The van der Waals surface area contributed by atoms with Gasteiger partial charge >= 0.3 is 0 Å². The van der Waals surface area contributed by atoms with Crippen molar-refractivity contribution in [3.05, 3.63) is 35.1 Å². The van der Waals surface area contributed by atoms with E-state index in [1.165, 1.54) is 18.2 Å². The van der Waals surface area contributed by atoms with Crippen LogP contribution < -0.4 is 5.32 Å². The second-order valence-corrected chi connectivity index (χ2v) is 5.26. The van der Waals surface area contributed by atoms with Gasteiger partial charge in [0.2, 0.25) is 0 Å². The molecule has 1 amide bonds. The van der Waals surface area contributed by atoms with E-state index < -0.39 is 11.7 Å². The number of nitrogens with one attached hydrogen (secondary N) is 1. The molecule has 0 atom stereocenters. The number of rotatable bonds is 6. The van der Waals surface area contributed by atoms with Gasteiger partial charge in [0.25, 0.3) is 5.91 Å². The van der Waals surface area contributed by atoms with Crippen molar-refractivity contribution in [2.24, 2.45) is 5.92 Å². The molecule has 0 spiro atoms. The molecule has 0 aliphatic carbocycles. The molecule has 1 aromatic rings. The Balaban J connectivity index is 2.66. The van der Waals surface area contributed by atoms with Gasteiger partial charge in [-0.25, -0.2) is 4.39 Å². The van der Waals surface area contributed by atoms with Crippen LogP contribution in [0.5, 0.6) is 0 Å². The van der Waals surface area contributed by atoms with Crippen molar-refractivity contribution in [3.8, 4) is 11.8 Å². The maximum Gasteiger partial charge on any atom is 0.254 e. The minimum absolute atomic E-state index is 0.00958. The maximum absolute atomic E-state index is 13.7. The van der Waals surface area contributed by atoms with Gasteiger partial charge in [0.1, 0.15) is 5.82 Å². The topological polar surface area (TPSA) is 49.3 Å². The molecule has 0 radical (unpaired) electrons. The Bertz CT molecular complexity index is 529. The highest BCUT2D eigenvalue weighted by Crippen LogP contribution is 2.10. The molecular weight excluding hydrogens is 269 g/mol. The fourth-order valence-electron chi connectivity index (χ4n) is 1.80. The average molecular weight is 291 g/mol. The summed E-state index contributed by atoms with van der Waals surface area (Å²) in [5, 5.41) is 11.4. The van der Waals surface area contributed by atoms with E-state index in [4.69, 9.17) is 5.11 Å². The summed E-state index contributed by atoms with van der Waals surface area (Å²) in [5.74, 6) is 5.16. The molecule has 114 valence electrons. The first-order valence-electron chi connectivity index (χ1n) is 7.22. The molecule has 0 saturated carbocycles. The summed E-state index contributed by atoms with van der Waals surface area (Å²) < 4.78 is 13.7. The summed E-state index contributed by atoms with van der Waals surface area (Å²) in [7, 11) is 0. The Labute approximate surface area is 125 Å². The summed E-state index contributed by atoms with van der Waals surface area (Å²) in [4.78, 5) is 12.0. The molecule has 0 heterocycles. The van der Waals surface area contributed by atoms with E-state index in [1.807, 2.05) is 0 Å². The predicted molar refractivity (Wildman–Crippen MR) is 81.4 cm³/mol. The van der Waals surface area contributed by atoms with E-state index >= 15 is 0 Å². The lowest BCUT2D eigenvalue weighted by molar-refractivity contribution is 0.0948. The first-order valence-corrected chi connectivity index (χ1v) is 7.22. The summed E-state index contributed by atoms with van der Waals surface area (Å²) in [6, 6.07) is 4.21. The van der Waals surface area contributed by atoms with Crippen molar-refractivity contribution in [2.75, 3.05) is 13.2 Å². The highest BCUT2D eigenvalue weighted by Gasteiger charge is 2.11. The minimum Gasteiger partial charge on any atom is -0.395 e. The smallest absolute Gasteiger partial charge is 0.254 e. The van der Waals surface area contributed by atoms with Crippen molar-refractivity contribution in [1.29, 1.82) is 0 Å². The van der Waals surface area contributed by atoms with E-state index in [0.717, 1.165) is 12.8 Å². The largest absolute Gasteiger partial charge is 0.395 e. The number of halogens is 1. The Morgan fingerprint density at radius 3 is 2.86 bits per heavy atom. The molecule has 1 aromatic carbocycles. The second kappa shape index (κ2) is 9.15. The molecule has 21 heavy (non-hydrogen) atoms. The van der Waals surface area contributed by atoms with Crippen LogP contribution in [0.3, 0.4) is 0 Å². The van der Waals surface area contributed by atoms with Gasteiger partial charge in [0.15, 0.2) is 0 Å². The SMILES string of the molecule is CC(C)CCCNC(=O)c1cc(C#CCCO)ccc1F. The molecule has 3 nitrogen and oxygen atoms in total. The van der Waals surface area contributed by atoms with E-state index in [0.29, 0.717) is 24.4 Å². The molecule has 0 aromatic heterocycles. The van der Waals surface area contributed by atoms with Gasteiger partial charge < -0.3 is 10.4 Å². The lowest BCUT2D eigenvalue weighted by Crippen LogP contribution is -2.25. The van der Waals surface area contributed by atoms with Gasteiger partial charge in [-0.2, -0.15) is 0 Å². The standard InChI is InChI=1S/C17H22FNO2/c1-13(2)6-5-10-19-17(21)15-12-14(7-3-4-11-20)8-9-16(15)18/h8-9,12-13,20H,4-6,10-11H2,1-2H3,(H,19,21). The van der Waals surface area contributed by atoms with Crippen LogP contribution in [0.1, 0.15) is 49.0 Å². The predicted octanol–water partition coefficient (Wildman–Crippen LogP) is 2.73. The third-order valence-corrected chi connectivity index (χ3v) is 2.92. The number of hydrogen-bond donors (Lipinski definition) is 2. The van der Waals surface area contributed by atoms with Crippen molar-refractivity contribution >= 4 is 5.91 Å². The van der Waals surface area contributed by atoms with Crippen LogP contribution in [0.2, 0.25) is 0 Å². The van der Waals surface area contributed by atoms with Crippen molar-refractivity contribution in [1.82, 2.24) is 5.32 Å². The zero-order valence-electron chi connectivity index (χ0n) is 12.6. The summed E-state index contributed by atoms with van der Waals surface area (Å²) in [5.41, 5.74) is 0.576. The lowest BCUT2D eigenvalue weighted by Gasteiger charge is -2.08. The van der Waals surface area contributed by atoms with Gasteiger partial charge in [-0.3, -0.25) is 4.79 Å². The van der Waals surface area contributed by atoms with Crippen molar-refractivity contribution in [3.63, 3.8) is 0 Å². The summed E-state index contributed by atoms with van der Waals surface area (Å²) in [6.45, 7) is 4.76. The Kier molecular flexibility index (Phi) is 7.49. The van der Waals surface area contributed by atoms with Crippen LogP contribution in [-0.2, 0) is 0 Å². The number of carbonyl (C=O) groups excluding carboxylic acids is 1. The fraction of sp³-hybridized carbons (Fsp3) is 0.471. The molecule has 0 fully saturated rings. The van der Waals surface area contributed by atoms with Crippen LogP contribution in [0.4, 0.5) is 4.39 Å². The van der Waals surface area contributed by atoms with Crippen molar-refractivity contribution in [2.45, 2.75) is 33.1 Å². The Morgan fingerprint density at radius 1 is 1.43 bits per heavy atom. The molecule has 0 aliphatic heterocycles. The van der Waals surface area contributed by atoms with Crippen LogP contribution in [0, 0.1) is 23.6 Å². The van der Waals surface area contributed by atoms with Gasteiger partial charge in [-0.05, 0) is 37.0 Å². The number of aliphatic hydroxyl groups is 1. The third-order valence-electron chi connectivity index (χ3n) is 2.92.